The summed E-state index contributed by atoms with van der Waals surface area (Å²) in [7, 11) is 0. The second-order valence-electron chi connectivity index (χ2n) is 5.20. The molecule has 1 aliphatic rings. The predicted octanol–water partition coefficient (Wildman–Crippen LogP) is 2.64. The van der Waals surface area contributed by atoms with Crippen molar-refractivity contribution in [3.8, 4) is 0 Å². The van der Waals surface area contributed by atoms with Crippen LogP contribution in [-0.4, -0.2) is 23.1 Å². The maximum atomic E-state index is 5.99. The first-order chi connectivity index (χ1) is 8.76. The highest BCUT2D eigenvalue weighted by Gasteiger charge is 2.25. The van der Waals surface area contributed by atoms with E-state index in [1.165, 1.54) is 19.3 Å². The van der Waals surface area contributed by atoms with Gasteiger partial charge in [-0.1, -0.05) is 26.7 Å². The van der Waals surface area contributed by atoms with Gasteiger partial charge in [-0.15, -0.1) is 0 Å². The van der Waals surface area contributed by atoms with Gasteiger partial charge in [-0.3, -0.25) is 0 Å². The molecule has 4 heteroatoms. The monoisotopic (exact) mass is 248 g/mol. The lowest BCUT2D eigenvalue weighted by molar-refractivity contribution is 0.529. The molecule has 0 aliphatic carbocycles. The summed E-state index contributed by atoms with van der Waals surface area (Å²) in [6, 6.07) is 0. The Morgan fingerprint density at radius 2 is 2.17 bits per heavy atom. The molecule has 2 heterocycles. The van der Waals surface area contributed by atoms with Crippen molar-refractivity contribution in [2.24, 2.45) is 5.92 Å². The van der Waals surface area contributed by atoms with Crippen molar-refractivity contribution in [3.63, 3.8) is 0 Å². The molecule has 100 valence electrons. The van der Waals surface area contributed by atoms with E-state index in [-0.39, 0.29) is 0 Å². The molecule has 1 aromatic rings. The molecule has 2 rings (SSSR count). The molecule has 1 aromatic heterocycles. The molecule has 0 spiro atoms. The second kappa shape index (κ2) is 6.03. The van der Waals surface area contributed by atoms with Crippen LogP contribution in [0, 0.1) is 5.92 Å². The van der Waals surface area contributed by atoms with Crippen LogP contribution in [0.25, 0.3) is 0 Å². The van der Waals surface area contributed by atoms with E-state index in [1.807, 2.05) is 0 Å². The van der Waals surface area contributed by atoms with E-state index in [0.717, 1.165) is 43.2 Å². The first kappa shape index (κ1) is 13.1. The largest absolute Gasteiger partial charge is 0.383 e. The van der Waals surface area contributed by atoms with Crippen LogP contribution in [0.4, 0.5) is 11.6 Å². The standard InChI is InChI=1S/C14H24N4/c1-3-5-11-7-8-18(9-11)14-12(6-4-2)13(15)16-10-17-14/h10-11H,3-9H2,1-2H3,(H2,15,16,17). The fourth-order valence-corrected chi connectivity index (χ4v) is 2.85. The van der Waals surface area contributed by atoms with Crippen LogP contribution in [0.1, 0.15) is 45.1 Å². The summed E-state index contributed by atoms with van der Waals surface area (Å²) in [5.41, 5.74) is 7.13. The molecule has 0 amide bonds. The zero-order valence-corrected chi connectivity index (χ0v) is 11.5. The average Bonchev–Trinajstić information content (AvgIpc) is 2.81. The van der Waals surface area contributed by atoms with E-state index in [0.29, 0.717) is 5.82 Å². The van der Waals surface area contributed by atoms with Crippen LogP contribution < -0.4 is 10.6 Å². The van der Waals surface area contributed by atoms with E-state index in [9.17, 15) is 0 Å². The third-order valence-electron chi connectivity index (χ3n) is 3.74. The van der Waals surface area contributed by atoms with Crippen LogP contribution >= 0.6 is 0 Å². The van der Waals surface area contributed by atoms with Crippen LogP contribution in [0.15, 0.2) is 6.33 Å². The van der Waals surface area contributed by atoms with Gasteiger partial charge in [0.1, 0.15) is 18.0 Å². The molecule has 1 aliphatic heterocycles. The van der Waals surface area contributed by atoms with Crippen molar-refractivity contribution in [2.75, 3.05) is 23.7 Å². The normalized spacial score (nSPS) is 19.4. The zero-order chi connectivity index (χ0) is 13.0. The molecule has 0 saturated carbocycles. The number of hydrogen-bond donors (Lipinski definition) is 1. The highest BCUT2D eigenvalue weighted by atomic mass is 15.2. The van der Waals surface area contributed by atoms with E-state index in [2.05, 4.69) is 28.7 Å². The Kier molecular flexibility index (Phi) is 4.39. The predicted molar refractivity (Wildman–Crippen MR) is 75.7 cm³/mol. The molecule has 18 heavy (non-hydrogen) atoms. The maximum absolute atomic E-state index is 5.99. The number of rotatable bonds is 5. The van der Waals surface area contributed by atoms with Crippen molar-refractivity contribution in [1.82, 2.24) is 9.97 Å². The molecule has 1 unspecified atom stereocenters. The Morgan fingerprint density at radius 3 is 2.89 bits per heavy atom. The van der Waals surface area contributed by atoms with Gasteiger partial charge in [0.05, 0.1) is 0 Å². The summed E-state index contributed by atoms with van der Waals surface area (Å²) in [6.45, 7) is 6.66. The Morgan fingerprint density at radius 1 is 1.33 bits per heavy atom. The molecule has 0 bridgehead atoms. The highest BCUT2D eigenvalue weighted by Crippen LogP contribution is 2.29. The summed E-state index contributed by atoms with van der Waals surface area (Å²) >= 11 is 0. The lowest BCUT2D eigenvalue weighted by Gasteiger charge is -2.21. The first-order valence-corrected chi connectivity index (χ1v) is 7.10. The summed E-state index contributed by atoms with van der Waals surface area (Å²) < 4.78 is 0. The van der Waals surface area contributed by atoms with E-state index >= 15 is 0 Å². The fraction of sp³-hybridized carbons (Fsp3) is 0.714. The van der Waals surface area contributed by atoms with Gasteiger partial charge in [0.2, 0.25) is 0 Å². The summed E-state index contributed by atoms with van der Waals surface area (Å²) in [5, 5.41) is 0. The summed E-state index contributed by atoms with van der Waals surface area (Å²) in [6.07, 6.45) is 7.51. The average molecular weight is 248 g/mol. The fourth-order valence-electron chi connectivity index (χ4n) is 2.85. The summed E-state index contributed by atoms with van der Waals surface area (Å²) in [4.78, 5) is 11.0. The van der Waals surface area contributed by atoms with Crippen LogP contribution in [0.2, 0.25) is 0 Å². The van der Waals surface area contributed by atoms with Crippen molar-refractivity contribution in [1.29, 1.82) is 0 Å². The second-order valence-corrected chi connectivity index (χ2v) is 5.20. The van der Waals surface area contributed by atoms with Crippen LogP contribution in [-0.2, 0) is 6.42 Å². The Hall–Kier alpha value is -1.32. The molecule has 1 saturated heterocycles. The molecule has 2 N–H and O–H groups in total. The number of anilines is 2. The number of aromatic nitrogens is 2. The lowest BCUT2D eigenvalue weighted by atomic mass is 10.0. The van der Waals surface area contributed by atoms with Crippen molar-refractivity contribution < 1.29 is 0 Å². The number of hydrogen-bond acceptors (Lipinski definition) is 4. The van der Waals surface area contributed by atoms with Gasteiger partial charge in [0.25, 0.3) is 0 Å². The summed E-state index contributed by atoms with van der Waals surface area (Å²) in [5.74, 6) is 2.55. The Labute approximate surface area is 110 Å². The van der Waals surface area contributed by atoms with Gasteiger partial charge in [0.15, 0.2) is 0 Å². The minimum Gasteiger partial charge on any atom is -0.383 e. The van der Waals surface area contributed by atoms with E-state index in [4.69, 9.17) is 5.73 Å². The molecule has 0 radical (unpaired) electrons. The lowest BCUT2D eigenvalue weighted by Crippen LogP contribution is -2.23. The molecule has 1 fully saturated rings. The van der Waals surface area contributed by atoms with Gasteiger partial charge in [-0.25, -0.2) is 9.97 Å². The number of nitrogens with zero attached hydrogens (tertiary/aromatic N) is 3. The zero-order valence-electron chi connectivity index (χ0n) is 11.5. The molecule has 1 atom stereocenters. The maximum Gasteiger partial charge on any atom is 0.137 e. The molecular formula is C14H24N4. The first-order valence-electron chi connectivity index (χ1n) is 7.10. The topological polar surface area (TPSA) is 55.0 Å². The highest BCUT2D eigenvalue weighted by molar-refractivity contribution is 5.57. The van der Waals surface area contributed by atoms with Crippen molar-refractivity contribution in [3.05, 3.63) is 11.9 Å². The third kappa shape index (κ3) is 2.74. The van der Waals surface area contributed by atoms with Crippen LogP contribution in [0.5, 0.6) is 0 Å². The minimum absolute atomic E-state index is 0.654. The molecule has 4 nitrogen and oxygen atoms in total. The smallest absolute Gasteiger partial charge is 0.137 e. The third-order valence-corrected chi connectivity index (χ3v) is 3.74. The van der Waals surface area contributed by atoms with Gasteiger partial charge >= 0.3 is 0 Å². The molecule has 0 aromatic carbocycles. The SMILES string of the molecule is CCCc1c(N)ncnc1N1CCC(CCC)C1. The minimum atomic E-state index is 0.654. The Bertz CT molecular complexity index is 391. The van der Waals surface area contributed by atoms with Crippen LogP contribution in [0.3, 0.4) is 0 Å². The van der Waals surface area contributed by atoms with Gasteiger partial charge in [0, 0.05) is 18.7 Å². The molecular weight excluding hydrogens is 224 g/mol. The number of nitrogen functional groups attached to an aromatic ring is 1. The van der Waals surface area contributed by atoms with E-state index in [1.54, 1.807) is 6.33 Å². The Balaban J connectivity index is 2.16. The van der Waals surface area contributed by atoms with Gasteiger partial charge < -0.3 is 10.6 Å². The van der Waals surface area contributed by atoms with Gasteiger partial charge in [-0.2, -0.15) is 0 Å². The number of nitrogens with two attached hydrogens (primary N) is 1. The van der Waals surface area contributed by atoms with Crippen molar-refractivity contribution >= 4 is 11.6 Å². The van der Waals surface area contributed by atoms with Gasteiger partial charge in [-0.05, 0) is 25.2 Å². The quantitative estimate of drug-likeness (QED) is 0.870. The van der Waals surface area contributed by atoms with E-state index < -0.39 is 0 Å². The van der Waals surface area contributed by atoms with Crippen molar-refractivity contribution in [2.45, 2.75) is 46.0 Å².